The molecule has 2 aromatic heterocycles. The molecular weight excluding hydrogens is 438 g/mol. The van der Waals surface area contributed by atoms with Crippen LogP contribution in [0.15, 0.2) is 42.0 Å². The first kappa shape index (κ1) is 22.6. The number of carbonyl (C=O) groups is 1. The Hall–Kier alpha value is -2.59. The third-order valence-corrected chi connectivity index (χ3v) is 6.44. The van der Waals surface area contributed by atoms with Crippen LogP contribution in [0.3, 0.4) is 0 Å². The fraction of sp³-hybridized carbons (Fsp3) is 0.348. The lowest BCUT2D eigenvalue weighted by Gasteiger charge is -2.43. The van der Waals surface area contributed by atoms with Gasteiger partial charge >= 0.3 is 0 Å². The molecule has 0 unspecified atom stereocenters. The predicted molar refractivity (Wildman–Crippen MR) is 114 cm³/mol. The number of halogens is 2. The van der Waals surface area contributed by atoms with E-state index in [2.05, 4.69) is 9.97 Å². The van der Waals surface area contributed by atoms with E-state index in [-0.39, 0.29) is 34.9 Å². The third-order valence-electron chi connectivity index (χ3n) is 5.58. The lowest BCUT2D eigenvalue weighted by atomic mass is 9.86. The number of aliphatic hydroxyl groups is 2. The Morgan fingerprint density at radius 3 is 2.66 bits per heavy atom. The molecule has 0 aliphatic carbocycles. The van der Waals surface area contributed by atoms with Gasteiger partial charge in [0.05, 0.1) is 23.4 Å². The van der Waals surface area contributed by atoms with E-state index in [9.17, 15) is 23.8 Å². The van der Waals surface area contributed by atoms with Crippen molar-refractivity contribution in [3.05, 3.63) is 70.5 Å². The Morgan fingerprint density at radius 2 is 1.97 bits per heavy atom. The molecule has 6 nitrogen and oxygen atoms in total. The fourth-order valence-electron chi connectivity index (χ4n) is 3.87. The van der Waals surface area contributed by atoms with Gasteiger partial charge in [-0.05, 0) is 43.2 Å². The zero-order chi connectivity index (χ0) is 23.0. The first-order valence-corrected chi connectivity index (χ1v) is 10.9. The molecule has 0 amide bonds. The van der Waals surface area contributed by atoms with Crippen LogP contribution in [0.25, 0.3) is 10.6 Å². The van der Waals surface area contributed by atoms with Gasteiger partial charge in [0.25, 0.3) is 0 Å². The van der Waals surface area contributed by atoms with Crippen LogP contribution in [0.5, 0.6) is 0 Å². The van der Waals surface area contributed by atoms with E-state index in [0.29, 0.717) is 11.1 Å². The van der Waals surface area contributed by atoms with Gasteiger partial charge in [0.15, 0.2) is 5.78 Å². The number of ketones is 1. The molecule has 1 aromatic carbocycles. The maximum absolute atomic E-state index is 14.1. The maximum atomic E-state index is 14.1. The molecule has 1 aliphatic rings. The number of rotatable bonds is 5. The number of carbonyl (C=O) groups excluding carboxylic acids is 1. The molecule has 0 saturated carbocycles. The largest absolute Gasteiger partial charge is 0.390 e. The molecule has 0 radical (unpaired) electrons. The van der Waals surface area contributed by atoms with E-state index in [1.165, 1.54) is 11.4 Å². The van der Waals surface area contributed by atoms with Gasteiger partial charge in [-0.25, -0.2) is 13.8 Å². The Balaban J connectivity index is 1.58. The molecule has 2 N–H and O–H groups in total. The van der Waals surface area contributed by atoms with E-state index < -0.39 is 35.5 Å². The van der Waals surface area contributed by atoms with E-state index in [1.54, 1.807) is 32.3 Å². The molecular formula is C23H22F2N2O4S. The Morgan fingerprint density at radius 1 is 1.25 bits per heavy atom. The van der Waals surface area contributed by atoms with Gasteiger partial charge in [-0.3, -0.25) is 9.78 Å². The number of hydrogen-bond acceptors (Lipinski definition) is 7. The zero-order valence-electron chi connectivity index (χ0n) is 17.5. The van der Waals surface area contributed by atoms with Gasteiger partial charge in [0, 0.05) is 30.6 Å². The van der Waals surface area contributed by atoms with Crippen molar-refractivity contribution >= 4 is 17.1 Å². The molecule has 1 saturated heterocycles. The van der Waals surface area contributed by atoms with Crippen molar-refractivity contribution in [1.82, 2.24) is 9.97 Å². The molecule has 32 heavy (non-hydrogen) atoms. The van der Waals surface area contributed by atoms with Crippen LogP contribution in [0, 0.1) is 11.6 Å². The highest BCUT2D eigenvalue weighted by molar-refractivity contribution is 7.13. The van der Waals surface area contributed by atoms with Crippen LogP contribution >= 0.6 is 11.3 Å². The number of benzene rings is 1. The molecule has 1 aliphatic heterocycles. The number of aromatic nitrogens is 2. The Kier molecular flexibility index (Phi) is 6.17. The Labute approximate surface area is 187 Å². The van der Waals surface area contributed by atoms with E-state index in [0.717, 1.165) is 23.5 Å². The summed E-state index contributed by atoms with van der Waals surface area (Å²) in [7, 11) is 0. The van der Waals surface area contributed by atoms with Gasteiger partial charge in [-0.1, -0.05) is 6.07 Å². The number of hydrogen-bond donors (Lipinski definition) is 2. The minimum atomic E-state index is -1.03. The van der Waals surface area contributed by atoms with Crippen LogP contribution in [0.2, 0.25) is 0 Å². The van der Waals surface area contributed by atoms with E-state index in [1.807, 2.05) is 0 Å². The molecule has 168 valence electrons. The topological polar surface area (TPSA) is 92.5 Å². The molecule has 4 rings (SSSR count). The average Bonchev–Trinajstić information content (AvgIpc) is 3.22. The molecule has 3 atom stereocenters. The highest BCUT2D eigenvalue weighted by Gasteiger charge is 2.43. The summed E-state index contributed by atoms with van der Waals surface area (Å²) >= 11 is 0.989. The van der Waals surface area contributed by atoms with E-state index >= 15 is 0 Å². The smallest absolute Gasteiger partial charge is 0.186 e. The van der Waals surface area contributed by atoms with Crippen molar-refractivity contribution in [3.8, 4) is 10.6 Å². The highest BCUT2D eigenvalue weighted by atomic mass is 32.1. The van der Waals surface area contributed by atoms with Crippen LogP contribution < -0.4 is 0 Å². The molecule has 9 heteroatoms. The quantitative estimate of drug-likeness (QED) is 0.562. The van der Waals surface area contributed by atoms with Gasteiger partial charge in [-0.2, -0.15) is 0 Å². The maximum Gasteiger partial charge on any atom is 0.186 e. The number of Topliss-reactive ketones (excluding diaryl/α,β-unsaturated/α-hetero) is 1. The number of pyridine rings is 1. The zero-order valence-corrected chi connectivity index (χ0v) is 18.3. The third kappa shape index (κ3) is 4.33. The lowest BCUT2D eigenvalue weighted by molar-refractivity contribution is -0.214. The second kappa shape index (κ2) is 8.74. The number of nitrogens with zero attached hydrogens (tertiary/aromatic N) is 2. The Bertz CT molecular complexity index is 1130. The summed E-state index contributed by atoms with van der Waals surface area (Å²) in [6.45, 7) is 3.38. The standard InChI is InChI=1S/C23H22F2N2O4S/c1-23(2)21(30)18(29)9-19(31-23)13-6-7-26-10-12(13)8-17(28)16-11-32-22(27-16)20-14(24)4-3-5-15(20)25/h3-7,10-11,18-19,21,29-30H,8-9H2,1-2H3/t18-,19+,21-/m0/s1. The fourth-order valence-corrected chi connectivity index (χ4v) is 4.74. The molecule has 0 spiro atoms. The van der Waals surface area contributed by atoms with Crippen LogP contribution in [0.1, 0.15) is 48.0 Å². The van der Waals surface area contributed by atoms with Crippen LogP contribution in [-0.4, -0.2) is 43.8 Å². The normalized spacial score (nSPS) is 22.6. The van der Waals surface area contributed by atoms with Crippen LogP contribution in [-0.2, 0) is 11.2 Å². The number of thiazole rings is 1. The minimum absolute atomic E-state index is 0.0506. The first-order valence-electron chi connectivity index (χ1n) is 10.1. The highest BCUT2D eigenvalue weighted by Crippen LogP contribution is 2.38. The van der Waals surface area contributed by atoms with Crippen molar-refractivity contribution in [3.63, 3.8) is 0 Å². The summed E-state index contributed by atoms with van der Waals surface area (Å²) in [5.74, 6) is -1.83. The van der Waals surface area contributed by atoms with E-state index in [4.69, 9.17) is 4.74 Å². The van der Waals surface area contributed by atoms with Gasteiger partial charge in [-0.15, -0.1) is 11.3 Å². The minimum Gasteiger partial charge on any atom is -0.390 e. The molecule has 3 heterocycles. The summed E-state index contributed by atoms with van der Waals surface area (Å²) < 4.78 is 34.1. The molecule has 3 aromatic rings. The van der Waals surface area contributed by atoms with Crippen molar-refractivity contribution in [2.45, 2.75) is 50.6 Å². The summed E-state index contributed by atoms with van der Waals surface area (Å²) in [6.07, 6.45) is 0.695. The summed E-state index contributed by atoms with van der Waals surface area (Å²) in [4.78, 5) is 21.2. The van der Waals surface area contributed by atoms with Gasteiger partial charge in [0.1, 0.15) is 28.4 Å². The second-order valence-corrected chi connectivity index (χ2v) is 9.12. The lowest BCUT2D eigenvalue weighted by Crippen LogP contribution is -2.52. The van der Waals surface area contributed by atoms with Gasteiger partial charge in [0.2, 0.25) is 0 Å². The average molecular weight is 461 g/mol. The summed E-state index contributed by atoms with van der Waals surface area (Å²) in [5.41, 5.74) is 0.142. The summed E-state index contributed by atoms with van der Waals surface area (Å²) in [6, 6.07) is 5.26. The SMILES string of the molecule is CC1(C)O[C@@H](c2ccncc2CC(=O)c2csc(-c3c(F)cccc3F)n2)C[C@H](O)[C@@H]1O. The molecule has 0 bridgehead atoms. The first-order chi connectivity index (χ1) is 15.2. The van der Waals surface area contributed by atoms with Crippen molar-refractivity contribution < 1.29 is 28.5 Å². The number of ether oxygens (including phenoxy) is 1. The summed E-state index contributed by atoms with van der Waals surface area (Å²) in [5, 5.41) is 22.0. The number of aliphatic hydroxyl groups excluding tert-OH is 2. The second-order valence-electron chi connectivity index (χ2n) is 8.27. The predicted octanol–water partition coefficient (Wildman–Crippen LogP) is 3.87. The van der Waals surface area contributed by atoms with Crippen molar-refractivity contribution in [2.75, 3.05) is 0 Å². The van der Waals surface area contributed by atoms with Crippen molar-refractivity contribution in [2.24, 2.45) is 0 Å². The van der Waals surface area contributed by atoms with Crippen LogP contribution in [0.4, 0.5) is 8.78 Å². The monoisotopic (exact) mass is 460 g/mol. The molecule has 1 fully saturated rings. The van der Waals surface area contributed by atoms with Crippen molar-refractivity contribution in [1.29, 1.82) is 0 Å². The van der Waals surface area contributed by atoms with Gasteiger partial charge < -0.3 is 14.9 Å².